The molecule has 0 fully saturated rings. The Morgan fingerprint density at radius 1 is 1.79 bits per heavy atom. The molecule has 0 bridgehead atoms. The van der Waals surface area contributed by atoms with Crippen molar-refractivity contribution < 1.29 is 0 Å². The van der Waals surface area contributed by atoms with Crippen LogP contribution in [-0.4, -0.2) is 11.5 Å². The Kier molecular flexibility index (Phi) is 4.58. The molecule has 1 unspecified atom stereocenters. The van der Waals surface area contributed by atoms with Crippen LogP contribution in [-0.2, 0) is 0 Å². The van der Waals surface area contributed by atoms with Crippen LogP contribution >= 0.6 is 27.5 Å². The first-order chi connectivity index (χ1) is 6.59. The quantitative estimate of drug-likeness (QED) is 0.853. The van der Waals surface area contributed by atoms with Gasteiger partial charge in [0.05, 0.1) is 0 Å². The van der Waals surface area contributed by atoms with Crippen LogP contribution in [0.4, 0.5) is 0 Å². The number of halogens is 2. The van der Waals surface area contributed by atoms with Gasteiger partial charge < -0.3 is 5.32 Å². The molecule has 0 aromatic carbocycles. The van der Waals surface area contributed by atoms with Gasteiger partial charge in [-0.3, -0.25) is 0 Å². The first kappa shape index (κ1) is 11.7. The molecule has 1 aromatic rings. The summed E-state index contributed by atoms with van der Waals surface area (Å²) in [5, 5.41) is 3.81. The highest BCUT2D eigenvalue weighted by Crippen LogP contribution is 2.15. The molecule has 1 aromatic heterocycles. The summed E-state index contributed by atoms with van der Waals surface area (Å²) in [6.07, 6.45) is 1.71. The van der Waals surface area contributed by atoms with Crippen LogP contribution in [0.3, 0.4) is 0 Å². The SMILES string of the molecule is C=C(Br)CNC(C)c1ccnc(Cl)c1. The Hall–Kier alpha value is -0.380. The monoisotopic (exact) mass is 274 g/mol. The van der Waals surface area contributed by atoms with E-state index < -0.39 is 0 Å². The topological polar surface area (TPSA) is 24.9 Å². The third-order valence-electron chi connectivity index (χ3n) is 1.85. The van der Waals surface area contributed by atoms with Crippen molar-refractivity contribution in [3.63, 3.8) is 0 Å². The molecule has 1 rings (SSSR count). The molecule has 0 aliphatic carbocycles. The van der Waals surface area contributed by atoms with Crippen LogP contribution in [0.15, 0.2) is 29.4 Å². The number of hydrogen-bond acceptors (Lipinski definition) is 2. The van der Waals surface area contributed by atoms with E-state index in [2.05, 4.69) is 39.7 Å². The summed E-state index contributed by atoms with van der Waals surface area (Å²) in [6.45, 7) is 6.56. The van der Waals surface area contributed by atoms with Gasteiger partial charge in [-0.15, -0.1) is 0 Å². The van der Waals surface area contributed by atoms with Crippen LogP contribution in [0, 0.1) is 0 Å². The van der Waals surface area contributed by atoms with Gasteiger partial charge in [0.15, 0.2) is 0 Å². The van der Waals surface area contributed by atoms with Crippen LogP contribution in [0.1, 0.15) is 18.5 Å². The van der Waals surface area contributed by atoms with Gasteiger partial charge in [-0.25, -0.2) is 4.98 Å². The van der Waals surface area contributed by atoms with Crippen molar-refractivity contribution >= 4 is 27.5 Å². The van der Waals surface area contributed by atoms with E-state index in [1.54, 1.807) is 6.20 Å². The third kappa shape index (κ3) is 3.78. The summed E-state index contributed by atoms with van der Waals surface area (Å²) >= 11 is 9.08. The molecule has 1 atom stereocenters. The maximum Gasteiger partial charge on any atom is 0.129 e. The molecule has 4 heteroatoms. The zero-order chi connectivity index (χ0) is 10.6. The largest absolute Gasteiger partial charge is 0.306 e. The molecular formula is C10H12BrClN2. The number of nitrogens with zero attached hydrogens (tertiary/aromatic N) is 1. The average Bonchev–Trinajstić information content (AvgIpc) is 2.14. The lowest BCUT2D eigenvalue weighted by molar-refractivity contribution is 0.615. The zero-order valence-corrected chi connectivity index (χ0v) is 10.3. The van der Waals surface area contributed by atoms with Crippen molar-refractivity contribution in [2.75, 3.05) is 6.54 Å². The minimum absolute atomic E-state index is 0.241. The lowest BCUT2D eigenvalue weighted by Gasteiger charge is -2.13. The highest BCUT2D eigenvalue weighted by atomic mass is 79.9. The molecule has 0 aliphatic rings. The zero-order valence-electron chi connectivity index (χ0n) is 7.93. The van der Waals surface area contributed by atoms with E-state index in [9.17, 15) is 0 Å². The molecule has 0 amide bonds. The van der Waals surface area contributed by atoms with Crippen LogP contribution in [0.25, 0.3) is 0 Å². The summed E-state index contributed by atoms with van der Waals surface area (Å²) in [7, 11) is 0. The van der Waals surface area contributed by atoms with Crippen LogP contribution in [0.2, 0.25) is 5.15 Å². The van der Waals surface area contributed by atoms with Crippen molar-refractivity contribution in [3.05, 3.63) is 40.1 Å². The van der Waals surface area contributed by atoms with Crippen molar-refractivity contribution in [2.45, 2.75) is 13.0 Å². The van der Waals surface area contributed by atoms with E-state index in [4.69, 9.17) is 11.6 Å². The fourth-order valence-electron chi connectivity index (χ4n) is 1.07. The second-order valence-corrected chi connectivity index (χ2v) is 4.54. The highest BCUT2D eigenvalue weighted by Gasteiger charge is 2.04. The van der Waals surface area contributed by atoms with Crippen molar-refractivity contribution in [2.24, 2.45) is 0 Å². The number of nitrogens with one attached hydrogen (secondary N) is 1. The fraction of sp³-hybridized carbons (Fsp3) is 0.300. The Morgan fingerprint density at radius 3 is 3.07 bits per heavy atom. The molecule has 1 heterocycles. The predicted octanol–water partition coefficient (Wildman–Crippen LogP) is 3.29. The summed E-state index contributed by atoms with van der Waals surface area (Å²) in [4.78, 5) is 3.93. The smallest absolute Gasteiger partial charge is 0.129 e. The third-order valence-corrected chi connectivity index (χ3v) is 2.34. The molecule has 0 saturated heterocycles. The second kappa shape index (κ2) is 5.49. The Bertz CT molecular complexity index is 328. The van der Waals surface area contributed by atoms with Gasteiger partial charge in [0.1, 0.15) is 5.15 Å². The second-order valence-electron chi connectivity index (χ2n) is 3.03. The van der Waals surface area contributed by atoms with Gasteiger partial charge >= 0.3 is 0 Å². The maximum absolute atomic E-state index is 5.79. The highest BCUT2D eigenvalue weighted by molar-refractivity contribution is 9.11. The van der Waals surface area contributed by atoms with Gasteiger partial charge in [-0.05, 0) is 24.6 Å². The molecule has 0 aliphatic heterocycles. The van der Waals surface area contributed by atoms with Crippen molar-refractivity contribution in [3.8, 4) is 0 Å². The summed E-state index contributed by atoms with van der Waals surface area (Å²) in [5.74, 6) is 0. The average molecular weight is 276 g/mol. The Balaban J connectivity index is 2.60. The lowest BCUT2D eigenvalue weighted by atomic mass is 10.1. The van der Waals surface area contributed by atoms with Crippen LogP contribution < -0.4 is 5.32 Å². The minimum atomic E-state index is 0.241. The number of aromatic nitrogens is 1. The Morgan fingerprint density at radius 2 is 2.50 bits per heavy atom. The number of pyridine rings is 1. The molecule has 0 saturated carbocycles. The first-order valence-corrected chi connectivity index (χ1v) is 5.45. The molecule has 1 N–H and O–H groups in total. The molecule has 0 spiro atoms. The Labute approximate surface area is 97.5 Å². The van der Waals surface area contributed by atoms with E-state index in [0.717, 1.165) is 16.6 Å². The minimum Gasteiger partial charge on any atom is -0.306 e. The van der Waals surface area contributed by atoms with Gasteiger partial charge in [-0.1, -0.05) is 34.1 Å². The lowest BCUT2D eigenvalue weighted by Crippen LogP contribution is -2.19. The number of rotatable bonds is 4. The van der Waals surface area contributed by atoms with Crippen molar-refractivity contribution in [1.82, 2.24) is 10.3 Å². The van der Waals surface area contributed by atoms with E-state index in [-0.39, 0.29) is 6.04 Å². The fourth-order valence-corrected chi connectivity index (χ4v) is 1.41. The standard InChI is InChI=1S/C10H12BrClN2/c1-7(11)6-14-8(2)9-3-4-13-10(12)5-9/h3-5,8,14H,1,6H2,2H3. The molecule has 76 valence electrons. The maximum atomic E-state index is 5.79. The molecule has 0 radical (unpaired) electrons. The molecule has 14 heavy (non-hydrogen) atoms. The summed E-state index contributed by atoms with van der Waals surface area (Å²) in [5.41, 5.74) is 1.12. The molecule has 2 nitrogen and oxygen atoms in total. The van der Waals surface area contributed by atoms with Gasteiger partial charge in [0, 0.05) is 23.3 Å². The predicted molar refractivity (Wildman–Crippen MR) is 63.7 cm³/mol. The van der Waals surface area contributed by atoms with E-state index in [1.807, 2.05) is 12.1 Å². The van der Waals surface area contributed by atoms with Gasteiger partial charge in [0.2, 0.25) is 0 Å². The van der Waals surface area contributed by atoms with Gasteiger partial charge in [-0.2, -0.15) is 0 Å². The van der Waals surface area contributed by atoms with Gasteiger partial charge in [0.25, 0.3) is 0 Å². The molecular weight excluding hydrogens is 263 g/mol. The van der Waals surface area contributed by atoms with Crippen molar-refractivity contribution in [1.29, 1.82) is 0 Å². The summed E-state index contributed by atoms with van der Waals surface area (Å²) < 4.78 is 0.935. The normalized spacial score (nSPS) is 12.5. The first-order valence-electron chi connectivity index (χ1n) is 4.27. The summed E-state index contributed by atoms with van der Waals surface area (Å²) in [6, 6.07) is 4.04. The van der Waals surface area contributed by atoms with E-state index in [1.165, 1.54) is 0 Å². The van der Waals surface area contributed by atoms with Crippen LogP contribution in [0.5, 0.6) is 0 Å². The van der Waals surface area contributed by atoms with E-state index in [0.29, 0.717) is 5.15 Å². The number of hydrogen-bond donors (Lipinski definition) is 1. The van der Waals surface area contributed by atoms with E-state index >= 15 is 0 Å².